The summed E-state index contributed by atoms with van der Waals surface area (Å²) in [5.41, 5.74) is 2.91. The molecule has 138 valence electrons. The van der Waals surface area contributed by atoms with Gasteiger partial charge >= 0.3 is 0 Å². The normalized spacial score (nSPS) is 23.8. The SMILES string of the molecule is O=C1CC(c2ccco2)C=C2Nc3nc4ccccc4n3C(c3cccs3)C12. The predicted molar refractivity (Wildman–Crippen MR) is 108 cm³/mol. The number of thiophene rings is 1. The van der Waals surface area contributed by atoms with Crippen molar-refractivity contribution in [2.45, 2.75) is 18.4 Å². The maximum absolute atomic E-state index is 13.4. The number of hydrogen-bond acceptors (Lipinski definition) is 5. The summed E-state index contributed by atoms with van der Waals surface area (Å²) in [5.74, 6) is 1.56. The number of fused-ring (bicyclic) bond motifs is 4. The first kappa shape index (κ1) is 15.9. The third kappa shape index (κ3) is 2.24. The summed E-state index contributed by atoms with van der Waals surface area (Å²) in [6.07, 6.45) is 4.26. The molecule has 3 atom stereocenters. The summed E-state index contributed by atoms with van der Waals surface area (Å²) in [4.78, 5) is 19.3. The smallest absolute Gasteiger partial charge is 0.208 e. The van der Waals surface area contributed by atoms with Crippen LogP contribution in [-0.2, 0) is 4.79 Å². The number of furan rings is 1. The van der Waals surface area contributed by atoms with E-state index in [4.69, 9.17) is 9.40 Å². The van der Waals surface area contributed by atoms with Crippen LogP contribution in [0.1, 0.15) is 29.0 Å². The van der Waals surface area contributed by atoms with Crippen molar-refractivity contribution in [1.29, 1.82) is 0 Å². The molecular formula is C22H17N3O2S. The molecule has 6 rings (SSSR count). The Kier molecular flexibility index (Phi) is 3.37. The van der Waals surface area contributed by atoms with Crippen molar-refractivity contribution in [2.24, 2.45) is 5.92 Å². The molecule has 3 unspecified atom stereocenters. The second kappa shape index (κ2) is 5.94. The van der Waals surface area contributed by atoms with Crippen LogP contribution in [0.25, 0.3) is 11.0 Å². The third-order valence-corrected chi connectivity index (χ3v) is 6.62. The maximum atomic E-state index is 13.4. The van der Waals surface area contributed by atoms with Gasteiger partial charge in [-0.3, -0.25) is 4.79 Å². The largest absolute Gasteiger partial charge is 0.469 e. The fourth-order valence-corrected chi connectivity index (χ4v) is 5.34. The average Bonchev–Trinajstić information content (AvgIpc) is 3.46. The average molecular weight is 387 g/mol. The van der Waals surface area contributed by atoms with E-state index in [1.165, 1.54) is 4.88 Å². The van der Waals surface area contributed by atoms with Gasteiger partial charge in [0.25, 0.3) is 0 Å². The molecule has 4 aromatic rings. The van der Waals surface area contributed by atoms with E-state index in [0.29, 0.717) is 6.42 Å². The van der Waals surface area contributed by atoms with Gasteiger partial charge in [0, 0.05) is 22.9 Å². The number of para-hydroxylation sites is 2. The second-order valence-corrected chi connectivity index (χ2v) is 8.25. The van der Waals surface area contributed by atoms with Crippen molar-refractivity contribution in [3.63, 3.8) is 0 Å². The van der Waals surface area contributed by atoms with E-state index in [1.807, 2.05) is 36.4 Å². The van der Waals surface area contributed by atoms with Crippen molar-refractivity contribution in [2.75, 3.05) is 5.32 Å². The number of Topliss-reactive ketones (excluding diaryl/α,β-unsaturated/α-hetero) is 1. The molecule has 5 nitrogen and oxygen atoms in total. The van der Waals surface area contributed by atoms with Gasteiger partial charge in [0.15, 0.2) is 0 Å². The quantitative estimate of drug-likeness (QED) is 0.528. The van der Waals surface area contributed by atoms with E-state index in [9.17, 15) is 4.79 Å². The zero-order valence-electron chi connectivity index (χ0n) is 14.9. The summed E-state index contributed by atoms with van der Waals surface area (Å²) in [6.45, 7) is 0. The molecule has 0 radical (unpaired) electrons. The molecule has 0 amide bonds. The van der Waals surface area contributed by atoms with Gasteiger partial charge in [0.05, 0.1) is 29.3 Å². The Bertz CT molecular complexity index is 1200. The van der Waals surface area contributed by atoms with E-state index < -0.39 is 0 Å². The highest BCUT2D eigenvalue weighted by molar-refractivity contribution is 7.10. The number of rotatable bonds is 2. The molecule has 1 aromatic carbocycles. The molecule has 0 saturated carbocycles. The number of aromatic nitrogens is 2. The van der Waals surface area contributed by atoms with Crippen LogP contribution in [0.4, 0.5) is 5.95 Å². The van der Waals surface area contributed by atoms with Crippen molar-refractivity contribution in [3.05, 3.63) is 82.6 Å². The van der Waals surface area contributed by atoms with Crippen molar-refractivity contribution >= 4 is 34.1 Å². The molecule has 1 aliphatic heterocycles. The maximum Gasteiger partial charge on any atom is 0.208 e. The van der Waals surface area contributed by atoms with Crippen LogP contribution in [0.3, 0.4) is 0 Å². The Labute approximate surface area is 165 Å². The number of ketones is 1. The molecule has 2 aliphatic rings. The summed E-state index contributed by atoms with van der Waals surface area (Å²) in [7, 11) is 0. The minimum absolute atomic E-state index is 0.0406. The topological polar surface area (TPSA) is 60.1 Å². The first-order valence-corrected chi connectivity index (χ1v) is 10.2. The van der Waals surface area contributed by atoms with Crippen LogP contribution < -0.4 is 5.32 Å². The van der Waals surface area contributed by atoms with Gasteiger partial charge in [-0.05, 0) is 35.7 Å². The minimum Gasteiger partial charge on any atom is -0.469 e. The highest BCUT2D eigenvalue weighted by Gasteiger charge is 2.44. The number of allylic oxidation sites excluding steroid dienone is 2. The van der Waals surface area contributed by atoms with Gasteiger partial charge in [-0.15, -0.1) is 11.3 Å². The third-order valence-electron chi connectivity index (χ3n) is 5.67. The summed E-state index contributed by atoms with van der Waals surface area (Å²) in [5, 5.41) is 5.53. The van der Waals surface area contributed by atoms with E-state index in [-0.39, 0.29) is 23.7 Å². The Balaban J connectivity index is 1.57. The van der Waals surface area contributed by atoms with E-state index in [2.05, 4.69) is 33.5 Å². The van der Waals surface area contributed by atoms with E-state index >= 15 is 0 Å². The van der Waals surface area contributed by atoms with Gasteiger partial charge in [0.1, 0.15) is 11.5 Å². The molecule has 4 heterocycles. The predicted octanol–water partition coefficient (Wildman–Crippen LogP) is 4.96. The van der Waals surface area contributed by atoms with Gasteiger partial charge < -0.3 is 14.3 Å². The van der Waals surface area contributed by atoms with Crippen LogP contribution in [-0.4, -0.2) is 15.3 Å². The standard InChI is InChI=1S/C22H17N3O2S/c26-17-12-13(18-7-3-9-27-18)11-15-20(17)21(19-8-4-10-28-19)25-16-6-2-1-5-14(16)23-22(25)24-15/h1-11,13,20-21H,12H2,(H,23,24). The highest BCUT2D eigenvalue weighted by Crippen LogP contribution is 2.47. The number of nitrogens with one attached hydrogen (secondary N) is 1. The lowest BCUT2D eigenvalue weighted by molar-refractivity contribution is -0.123. The number of hydrogen-bond donors (Lipinski definition) is 1. The molecular weight excluding hydrogens is 370 g/mol. The zero-order valence-corrected chi connectivity index (χ0v) is 15.7. The molecule has 0 spiro atoms. The number of nitrogens with zero attached hydrogens (tertiary/aromatic N) is 2. The van der Waals surface area contributed by atoms with Gasteiger partial charge in [-0.1, -0.05) is 24.3 Å². The molecule has 3 aromatic heterocycles. The number of carbonyl (C=O) groups is 1. The number of benzene rings is 1. The molecule has 6 heteroatoms. The Morgan fingerprint density at radius 3 is 2.89 bits per heavy atom. The van der Waals surface area contributed by atoms with Gasteiger partial charge in [0.2, 0.25) is 5.95 Å². The van der Waals surface area contributed by atoms with Crippen molar-refractivity contribution in [3.8, 4) is 0 Å². The van der Waals surface area contributed by atoms with Crippen LogP contribution in [0.15, 0.2) is 76.4 Å². The summed E-state index contributed by atoms with van der Waals surface area (Å²) in [6, 6.07) is 16.0. The second-order valence-electron chi connectivity index (χ2n) is 7.27. The van der Waals surface area contributed by atoms with Crippen LogP contribution in [0.2, 0.25) is 0 Å². The number of carbonyl (C=O) groups excluding carboxylic acids is 1. The van der Waals surface area contributed by atoms with Crippen LogP contribution in [0, 0.1) is 5.92 Å². The number of imidazole rings is 1. The van der Waals surface area contributed by atoms with Crippen LogP contribution >= 0.6 is 11.3 Å². The molecule has 28 heavy (non-hydrogen) atoms. The Morgan fingerprint density at radius 1 is 1.14 bits per heavy atom. The molecule has 0 fully saturated rings. The summed E-state index contributed by atoms with van der Waals surface area (Å²) < 4.78 is 7.76. The first-order valence-electron chi connectivity index (χ1n) is 9.35. The lowest BCUT2D eigenvalue weighted by Gasteiger charge is -2.38. The van der Waals surface area contributed by atoms with Gasteiger partial charge in [-0.2, -0.15) is 0 Å². The number of anilines is 1. The fourth-order valence-electron chi connectivity index (χ4n) is 4.49. The van der Waals surface area contributed by atoms with Crippen LogP contribution in [0.5, 0.6) is 0 Å². The molecule has 0 bridgehead atoms. The minimum atomic E-state index is -0.241. The lowest BCUT2D eigenvalue weighted by atomic mass is 9.78. The van der Waals surface area contributed by atoms with E-state index in [0.717, 1.165) is 28.4 Å². The molecule has 1 N–H and O–H groups in total. The molecule has 0 saturated heterocycles. The zero-order chi connectivity index (χ0) is 18.7. The Morgan fingerprint density at radius 2 is 2.07 bits per heavy atom. The van der Waals surface area contributed by atoms with Crippen molar-refractivity contribution in [1.82, 2.24) is 9.55 Å². The monoisotopic (exact) mass is 387 g/mol. The first-order chi connectivity index (χ1) is 13.8. The summed E-state index contributed by atoms with van der Waals surface area (Å²) >= 11 is 1.69. The van der Waals surface area contributed by atoms with Gasteiger partial charge in [-0.25, -0.2) is 4.98 Å². The fraction of sp³-hybridized carbons (Fsp3) is 0.182. The highest BCUT2D eigenvalue weighted by atomic mass is 32.1. The lowest BCUT2D eigenvalue weighted by Crippen LogP contribution is -2.39. The Hall–Kier alpha value is -3.12. The van der Waals surface area contributed by atoms with E-state index in [1.54, 1.807) is 17.6 Å². The molecule has 1 aliphatic carbocycles. The van der Waals surface area contributed by atoms with Crippen molar-refractivity contribution < 1.29 is 9.21 Å².